The summed E-state index contributed by atoms with van der Waals surface area (Å²) in [7, 11) is 0. The van der Waals surface area contributed by atoms with E-state index in [0.29, 0.717) is 12.1 Å². The third-order valence-corrected chi connectivity index (χ3v) is 3.42. The quantitative estimate of drug-likeness (QED) is 0.825. The summed E-state index contributed by atoms with van der Waals surface area (Å²) in [6.07, 6.45) is 8.91. The SMILES string of the molecule is CCCC(C)Nc1cnn(C2CCNCC2)c1. The minimum Gasteiger partial charge on any atom is -0.380 e. The van der Waals surface area contributed by atoms with Gasteiger partial charge in [-0.15, -0.1) is 0 Å². The maximum atomic E-state index is 4.48. The van der Waals surface area contributed by atoms with Crippen LogP contribution in [0, 0.1) is 0 Å². The van der Waals surface area contributed by atoms with E-state index in [4.69, 9.17) is 0 Å². The lowest BCUT2D eigenvalue weighted by molar-refractivity contribution is 0.343. The van der Waals surface area contributed by atoms with Crippen molar-refractivity contribution in [3.63, 3.8) is 0 Å². The number of anilines is 1. The molecular formula is C13H24N4. The van der Waals surface area contributed by atoms with Crippen molar-refractivity contribution in [2.45, 2.75) is 51.6 Å². The van der Waals surface area contributed by atoms with E-state index in [0.717, 1.165) is 18.8 Å². The van der Waals surface area contributed by atoms with E-state index in [9.17, 15) is 0 Å². The van der Waals surface area contributed by atoms with Crippen LogP contribution >= 0.6 is 0 Å². The third kappa shape index (κ3) is 3.46. The summed E-state index contributed by atoms with van der Waals surface area (Å²) in [4.78, 5) is 0. The van der Waals surface area contributed by atoms with Crippen molar-refractivity contribution in [3.8, 4) is 0 Å². The van der Waals surface area contributed by atoms with Crippen LogP contribution in [0.25, 0.3) is 0 Å². The molecule has 1 aromatic heterocycles. The van der Waals surface area contributed by atoms with Gasteiger partial charge in [0.1, 0.15) is 0 Å². The predicted molar refractivity (Wildman–Crippen MR) is 71.4 cm³/mol. The number of hydrogen-bond donors (Lipinski definition) is 2. The molecule has 0 radical (unpaired) electrons. The van der Waals surface area contributed by atoms with Crippen LogP contribution in [0.5, 0.6) is 0 Å². The van der Waals surface area contributed by atoms with Gasteiger partial charge in [0.25, 0.3) is 0 Å². The molecule has 1 fully saturated rings. The minimum absolute atomic E-state index is 0.533. The fourth-order valence-corrected chi connectivity index (χ4v) is 2.47. The van der Waals surface area contributed by atoms with Gasteiger partial charge in [-0.25, -0.2) is 0 Å². The molecule has 0 saturated carbocycles. The van der Waals surface area contributed by atoms with Crippen molar-refractivity contribution >= 4 is 5.69 Å². The first-order chi connectivity index (χ1) is 8.29. The van der Waals surface area contributed by atoms with Crippen molar-refractivity contribution in [1.82, 2.24) is 15.1 Å². The van der Waals surface area contributed by atoms with E-state index in [1.807, 2.05) is 6.20 Å². The molecule has 0 aromatic carbocycles. The fraction of sp³-hybridized carbons (Fsp3) is 0.769. The monoisotopic (exact) mass is 236 g/mol. The maximum absolute atomic E-state index is 4.48. The Morgan fingerprint density at radius 1 is 1.53 bits per heavy atom. The lowest BCUT2D eigenvalue weighted by Gasteiger charge is -2.22. The third-order valence-electron chi connectivity index (χ3n) is 3.42. The summed E-state index contributed by atoms with van der Waals surface area (Å²) >= 11 is 0. The number of hydrogen-bond acceptors (Lipinski definition) is 3. The summed E-state index contributed by atoms with van der Waals surface area (Å²) in [5, 5.41) is 11.4. The Morgan fingerprint density at radius 2 is 2.29 bits per heavy atom. The zero-order chi connectivity index (χ0) is 12.1. The van der Waals surface area contributed by atoms with E-state index in [1.165, 1.54) is 25.7 Å². The zero-order valence-corrected chi connectivity index (χ0v) is 10.9. The van der Waals surface area contributed by atoms with Gasteiger partial charge in [-0.3, -0.25) is 4.68 Å². The van der Waals surface area contributed by atoms with Crippen LogP contribution in [0.15, 0.2) is 12.4 Å². The zero-order valence-electron chi connectivity index (χ0n) is 10.9. The van der Waals surface area contributed by atoms with Gasteiger partial charge in [-0.1, -0.05) is 13.3 Å². The molecule has 1 saturated heterocycles. The Bertz CT molecular complexity index is 328. The Balaban J connectivity index is 1.90. The van der Waals surface area contributed by atoms with Gasteiger partial charge < -0.3 is 10.6 Å². The number of nitrogens with zero attached hydrogens (tertiary/aromatic N) is 2. The van der Waals surface area contributed by atoms with Crippen LogP contribution in [-0.4, -0.2) is 28.9 Å². The molecule has 17 heavy (non-hydrogen) atoms. The average molecular weight is 236 g/mol. The minimum atomic E-state index is 0.533. The summed E-state index contributed by atoms with van der Waals surface area (Å²) in [6.45, 7) is 6.67. The Morgan fingerprint density at radius 3 is 3.00 bits per heavy atom. The van der Waals surface area contributed by atoms with Crippen LogP contribution in [0.1, 0.15) is 45.6 Å². The Hall–Kier alpha value is -1.03. The van der Waals surface area contributed by atoms with Crippen molar-refractivity contribution in [2.24, 2.45) is 0 Å². The molecule has 1 aliphatic rings. The van der Waals surface area contributed by atoms with Crippen molar-refractivity contribution in [1.29, 1.82) is 0 Å². The van der Waals surface area contributed by atoms with E-state index in [1.54, 1.807) is 0 Å². The van der Waals surface area contributed by atoms with Crippen molar-refractivity contribution in [2.75, 3.05) is 18.4 Å². The molecule has 0 bridgehead atoms. The summed E-state index contributed by atoms with van der Waals surface area (Å²) in [6, 6.07) is 1.11. The van der Waals surface area contributed by atoms with Crippen LogP contribution in [0.3, 0.4) is 0 Å². The van der Waals surface area contributed by atoms with Crippen LogP contribution < -0.4 is 10.6 Å². The molecule has 2 heterocycles. The smallest absolute Gasteiger partial charge is 0.0728 e. The average Bonchev–Trinajstić information content (AvgIpc) is 2.79. The predicted octanol–water partition coefficient (Wildman–Crippen LogP) is 2.41. The Labute approximate surface area is 104 Å². The first-order valence-electron chi connectivity index (χ1n) is 6.81. The van der Waals surface area contributed by atoms with E-state index >= 15 is 0 Å². The second-order valence-corrected chi connectivity index (χ2v) is 5.02. The van der Waals surface area contributed by atoms with Gasteiger partial charge in [0, 0.05) is 12.2 Å². The van der Waals surface area contributed by atoms with Gasteiger partial charge in [-0.2, -0.15) is 5.10 Å². The molecule has 4 heteroatoms. The van der Waals surface area contributed by atoms with Gasteiger partial charge in [0.05, 0.1) is 17.9 Å². The van der Waals surface area contributed by atoms with E-state index in [-0.39, 0.29) is 0 Å². The van der Waals surface area contributed by atoms with Gasteiger partial charge in [0.2, 0.25) is 0 Å². The molecule has 0 amide bonds. The molecule has 4 nitrogen and oxygen atoms in total. The van der Waals surface area contributed by atoms with Crippen molar-refractivity contribution < 1.29 is 0 Å². The van der Waals surface area contributed by atoms with Gasteiger partial charge in [0.15, 0.2) is 0 Å². The highest BCUT2D eigenvalue weighted by Gasteiger charge is 2.15. The number of piperidine rings is 1. The maximum Gasteiger partial charge on any atom is 0.0728 e. The van der Waals surface area contributed by atoms with Gasteiger partial charge >= 0.3 is 0 Å². The lowest BCUT2D eigenvalue weighted by atomic mass is 10.1. The first-order valence-corrected chi connectivity index (χ1v) is 6.81. The van der Waals surface area contributed by atoms with Gasteiger partial charge in [-0.05, 0) is 39.3 Å². The molecule has 2 rings (SSSR count). The van der Waals surface area contributed by atoms with Crippen LogP contribution in [0.2, 0.25) is 0 Å². The van der Waals surface area contributed by atoms with Crippen LogP contribution in [-0.2, 0) is 0 Å². The Kier molecular flexibility index (Phi) is 4.42. The highest BCUT2D eigenvalue weighted by molar-refractivity contribution is 5.39. The summed E-state index contributed by atoms with van der Waals surface area (Å²) in [5.41, 5.74) is 1.16. The topological polar surface area (TPSA) is 41.9 Å². The molecule has 1 aliphatic heterocycles. The highest BCUT2D eigenvalue weighted by Crippen LogP contribution is 2.20. The molecule has 96 valence electrons. The standard InChI is InChI=1S/C13H24N4/c1-3-4-11(2)16-12-9-15-17(10-12)13-5-7-14-8-6-13/h9-11,13-14,16H,3-8H2,1-2H3. The van der Waals surface area contributed by atoms with E-state index in [2.05, 4.69) is 40.5 Å². The first kappa shape index (κ1) is 12.4. The van der Waals surface area contributed by atoms with E-state index < -0.39 is 0 Å². The molecule has 0 spiro atoms. The normalized spacial score (nSPS) is 19.2. The fourth-order valence-electron chi connectivity index (χ4n) is 2.47. The molecule has 1 unspecified atom stereocenters. The van der Waals surface area contributed by atoms with Crippen molar-refractivity contribution in [3.05, 3.63) is 12.4 Å². The molecule has 1 aromatic rings. The molecule has 0 aliphatic carbocycles. The summed E-state index contributed by atoms with van der Waals surface area (Å²) < 4.78 is 2.13. The molecular weight excluding hydrogens is 212 g/mol. The number of rotatable bonds is 5. The summed E-state index contributed by atoms with van der Waals surface area (Å²) in [5.74, 6) is 0. The molecule has 2 N–H and O–H groups in total. The largest absolute Gasteiger partial charge is 0.380 e. The van der Waals surface area contributed by atoms with Crippen LogP contribution in [0.4, 0.5) is 5.69 Å². The number of nitrogens with one attached hydrogen (secondary N) is 2. The molecule has 1 atom stereocenters. The lowest BCUT2D eigenvalue weighted by Crippen LogP contribution is -2.29. The number of aromatic nitrogens is 2. The second kappa shape index (κ2) is 6.05. The second-order valence-electron chi connectivity index (χ2n) is 5.02. The highest BCUT2D eigenvalue weighted by atomic mass is 15.3.